The third-order valence-electron chi connectivity index (χ3n) is 2.11. The van der Waals surface area contributed by atoms with E-state index in [1.165, 1.54) is 5.56 Å². The number of benzene rings is 1. The van der Waals surface area contributed by atoms with Crippen molar-refractivity contribution in [2.24, 2.45) is 5.73 Å². The first-order valence-corrected chi connectivity index (χ1v) is 4.55. The molecule has 72 valence electrons. The van der Waals surface area contributed by atoms with Gasteiger partial charge in [0.05, 0.1) is 0 Å². The number of aromatic hydroxyl groups is 1. The van der Waals surface area contributed by atoms with Crippen LogP contribution in [0.3, 0.4) is 0 Å². The van der Waals surface area contributed by atoms with Gasteiger partial charge in [0, 0.05) is 6.04 Å². The lowest BCUT2D eigenvalue weighted by Crippen LogP contribution is -2.17. The van der Waals surface area contributed by atoms with Crippen molar-refractivity contribution in [3.05, 3.63) is 28.8 Å². The smallest absolute Gasteiger partial charge is 0.121 e. The van der Waals surface area contributed by atoms with Crippen molar-refractivity contribution in [1.29, 1.82) is 0 Å². The average molecular weight is 179 g/mol. The zero-order valence-electron chi connectivity index (χ0n) is 8.46. The van der Waals surface area contributed by atoms with Crippen LogP contribution in [-0.2, 0) is 6.42 Å². The SMILES string of the molecule is Cc1cc(C[C@H](C)N)cc(C)c1O. The van der Waals surface area contributed by atoms with Gasteiger partial charge < -0.3 is 10.8 Å². The van der Waals surface area contributed by atoms with Crippen molar-refractivity contribution in [2.45, 2.75) is 33.2 Å². The molecule has 0 saturated heterocycles. The van der Waals surface area contributed by atoms with Gasteiger partial charge in [-0.2, -0.15) is 0 Å². The molecule has 0 bridgehead atoms. The lowest BCUT2D eigenvalue weighted by atomic mass is 10.0. The third kappa shape index (κ3) is 2.46. The molecule has 0 heterocycles. The Morgan fingerprint density at radius 1 is 1.31 bits per heavy atom. The predicted octanol–water partition coefficient (Wildman–Crippen LogP) is 1.90. The van der Waals surface area contributed by atoms with Gasteiger partial charge in [-0.25, -0.2) is 0 Å². The number of phenolic OH excluding ortho intramolecular Hbond substituents is 1. The highest BCUT2D eigenvalue weighted by molar-refractivity contribution is 5.42. The van der Waals surface area contributed by atoms with Crippen LogP contribution >= 0.6 is 0 Å². The molecule has 13 heavy (non-hydrogen) atoms. The van der Waals surface area contributed by atoms with Crippen LogP contribution in [0.15, 0.2) is 12.1 Å². The van der Waals surface area contributed by atoms with Crippen LogP contribution in [-0.4, -0.2) is 11.1 Å². The fourth-order valence-electron chi connectivity index (χ4n) is 1.54. The molecule has 2 heteroatoms. The Kier molecular flexibility index (Phi) is 2.94. The van der Waals surface area contributed by atoms with Gasteiger partial charge >= 0.3 is 0 Å². The molecule has 0 radical (unpaired) electrons. The van der Waals surface area contributed by atoms with E-state index in [1.807, 2.05) is 32.9 Å². The van der Waals surface area contributed by atoms with E-state index in [4.69, 9.17) is 5.73 Å². The molecule has 1 rings (SSSR count). The lowest BCUT2D eigenvalue weighted by Gasteiger charge is -2.09. The predicted molar refractivity (Wildman–Crippen MR) is 54.9 cm³/mol. The molecule has 0 aromatic heterocycles. The van der Waals surface area contributed by atoms with Crippen LogP contribution in [0.25, 0.3) is 0 Å². The Bertz CT molecular complexity index is 282. The first kappa shape index (κ1) is 10.1. The Morgan fingerprint density at radius 3 is 2.15 bits per heavy atom. The summed E-state index contributed by atoms with van der Waals surface area (Å²) in [6.07, 6.45) is 0.863. The van der Waals surface area contributed by atoms with Gasteiger partial charge in [-0.3, -0.25) is 0 Å². The van der Waals surface area contributed by atoms with Gasteiger partial charge in [0.25, 0.3) is 0 Å². The number of nitrogens with two attached hydrogens (primary N) is 1. The number of hydrogen-bond donors (Lipinski definition) is 2. The van der Waals surface area contributed by atoms with Gasteiger partial charge in [-0.05, 0) is 43.9 Å². The van der Waals surface area contributed by atoms with Crippen molar-refractivity contribution in [3.63, 3.8) is 0 Å². The largest absolute Gasteiger partial charge is 0.507 e. The van der Waals surface area contributed by atoms with Crippen molar-refractivity contribution in [3.8, 4) is 5.75 Å². The van der Waals surface area contributed by atoms with Crippen LogP contribution < -0.4 is 5.73 Å². The molecular formula is C11H17NO. The molecule has 1 aromatic carbocycles. The van der Waals surface area contributed by atoms with Gasteiger partial charge in [0.2, 0.25) is 0 Å². The summed E-state index contributed by atoms with van der Waals surface area (Å²) in [6, 6.07) is 4.15. The Morgan fingerprint density at radius 2 is 1.77 bits per heavy atom. The van der Waals surface area contributed by atoms with E-state index in [-0.39, 0.29) is 6.04 Å². The third-order valence-corrected chi connectivity index (χ3v) is 2.11. The standard InChI is InChI=1S/C11H17NO/c1-7-4-10(6-9(3)12)5-8(2)11(7)13/h4-5,9,13H,6,12H2,1-3H3/t9-/m0/s1. The van der Waals surface area contributed by atoms with E-state index < -0.39 is 0 Å². The van der Waals surface area contributed by atoms with E-state index in [0.717, 1.165) is 17.5 Å². The fourth-order valence-corrected chi connectivity index (χ4v) is 1.54. The van der Waals surface area contributed by atoms with Crippen LogP contribution in [0, 0.1) is 13.8 Å². The summed E-state index contributed by atoms with van der Waals surface area (Å²) in [7, 11) is 0. The summed E-state index contributed by atoms with van der Waals surface area (Å²) in [5.41, 5.74) is 8.75. The molecule has 0 aliphatic heterocycles. The fraction of sp³-hybridized carbons (Fsp3) is 0.455. The van der Waals surface area contributed by atoms with Crippen LogP contribution in [0.1, 0.15) is 23.6 Å². The summed E-state index contributed by atoms with van der Waals surface area (Å²) < 4.78 is 0. The van der Waals surface area contributed by atoms with Crippen molar-refractivity contribution in [2.75, 3.05) is 0 Å². The highest BCUT2D eigenvalue weighted by Gasteiger charge is 2.04. The summed E-state index contributed by atoms with van der Waals surface area (Å²) in [6.45, 7) is 5.80. The molecule has 1 aromatic rings. The number of aryl methyl sites for hydroxylation is 2. The van der Waals surface area contributed by atoms with Crippen molar-refractivity contribution < 1.29 is 5.11 Å². The Balaban J connectivity index is 2.99. The van der Waals surface area contributed by atoms with Crippen LogP contribution in [0.4, 0.5) is 0 Å². The first-order chi connectivity index (χ1) is 6.00. The van der Waals surface area contributed by atoms with Crippen LogP contribution in [0.2, 0.25) is 0 Å². The second-order valence-corrected chi connectivity index (χ2v) is 3.76. The molecule has 3 N–H and O–H groups in total. The minimum atomic E-state index is 0.170. The van der Waals surface area contributed by atoms with E-state index >= 15 is 0 Å². The van der Waals surface area contributed by atoms with Crippen molar-refractivity contribution in [1.82, 2.24) is 0 Å². The zero-order valence-corrected chi connectivity index (χ0v) is 8.46. The maximum Gasteiger partial charge on any atom is 0.121 e. The molecule has 1 atom stereocenters. The molecule has 0 saturated carbocycles. The van der Waals surface area contributed by atoms with Gasteiger partial charge in [-0.15, -0.1) is 0 Å². The minimum absolute atomic E-state index is 0.170. The van der Waals surface area contributed by atoms with E-state index in [1.54, 1.807) is 0 Å². The second-order valence-electron chi connectivity index (χ2n) is 3.76. The van der Waals surface area contributed by atoms with Crippen LogP contribution in [0.5, 0.6) is 5.75 Å². The molecule has 2 nitrogen and oxygen atoms in total. The highest BCUT2D eigenvalue weighted by atomic mass is 16.3. The Labute approximate surface area is 79.4 Å². The Hall–Kier alpha value is -1.02. The maximum absolute atomic E-state index is 9.53. The molecule has 0 aliphatic rings. The zero-order chi connectivity index (χ0) is 10.0. The molecular weight excluding hydrogens is 162 g/mol. The molecule has 0 spiro atoms. The molecule has 0 amide bonds. The number of hydrogen-bond acceptors (Lipinski definition) is 2. The summed E-state index contributed by atoms with van der Waals surface area (Å²) >= 11 is 0. The normalized spacial score (nSPS) is 12.9. The molecule has 0 aliphatic carbocycles. The van der Waals surface area contributed by atoms with E-state index in [9.17, 15) is 5.11 Å². The minimum Gasteiger partial charge on any atom is -0.507 e. The molecule has 0 fully saturated rings. The maximum atomic E-state index is 9.53. The lowest BCUT2D eigenvalue weighted by molar-refractivity contribution is 0.466. The van der Waals surface area contributed by atoms with Crippen molar-refractivity contribution >= 4 is 0 Å². The number of phenols is 1. The summed E-state index contributed by atoms with van der Waals surface area (Å²) in [5, 5.41) is 9.53. The topological polar surface area (TPSA) is 46.2 Å². The van der Waals surface area contributed by atoms with E-state index in [0.29, 0.717) is 5.75 Å². The number of rotatable bonds is 2. The molecule has 0 unspecified atom stereocenters. The van der Waals surface area contributed by atoms with Gasteiger partial charge in [-0.1, -0.05) is 12.1 Å². The average Bonchev–Trinajstić information content (AvgIpc) is 1.98. The first-order valence-electron chi connectivity index (χ1n) is 4.55. The van der Waals surface area contributed by atoms with Gasteiger partial charge in [0.1, 0.15) is 5.75 Å². The monoisotopic (exact) mass is 179 g/mol. The van der Waals surface area contributed by atoms with E-state index in [2.05, 4.69) is 0 Å². The summed E-state index contributed by atoms with van der Waals surface area (Å²) in [5.74, 6) is 0.397. The second kappa shape index (κ2) is 3.79. The quantitative estimate of drug-likeness (QED) is 0.728. The van der Waals surface area contributed by atoms with Gasteiger partial charge in [0.15, 0.2) is 0 Å². The highest BCUT2D eigenvalue weighted by Crippen LogP contribution is 2.23. The summed E-state index contributed by atoms with van der Waals surface area (Å²) in [4.78, 5) is 0.